The van der Waals surface area contributed by atoms with E-state index in [4.69, 9.17) is 9.47 Å². The minimum Gasteiger partial charge on any atom is -0.382 e. The van der Waals surface area contributed by atoms with Gasteiger partial charge < -0.3 is 14.8 Å². The summed E-state index contributed by atoms with van der Waals surface area (Å²) in [5.74, 6) is 0. The monoisotopic (exact) mass is 315 g/mol. The van der Waals surface area contributed by atoms with Crippen molar-refractivity contribution in [3.8, 4) is 0 Å². The molecule has 0 heterocycles. The predicted octanol–water partition coefficient (Wildman–Crippen LogP) is 3.15. The molecule has 0 aliphatic carbocycles. The first-order valence-electron chi connectivity index (χ1n) is 6.29. The maximum atomic E-state index is 5.41. The quantitative estimate of drug-likeness (QED) is 0.710. The normalized spacial score (nSPS) is 12.6. The van der Waals surface area contributed by atoms with Crippen LogP contribution in [0.4, 0.5) is 0 Å². The minimum atomic E-state index is 0.362. The van der Waals surface area contributed by atoms with Gasteiger partial charge in [0.05, 0.1) is 13.2 Å². The van der Waals surface area contributed by atoms with Crippen LogP contribution in [0.25, 0.3) is 0 Å². The zero-order valence-electron chi connectivity index (χ0n) is 11.1. The Morgan fingerprint density at radius 3 is 2.83 bits per heavy atom. The molecule has 18 heavy (non-hydrogen) atoms. The molecule has 0 spiro atoms. The largest absolute Gasteiger partial charge is 0.382 e. The average Bonchev–Trinajstić information content (AvgIpc) is 2.37. The fourth-order valence-corrected chi connectivity index (χ4v) is 2.05. The van der Waals surface area contributed by atoms with Crippen LogP contribution < -0.4 is 5.32 Å². The highest BCUT2D eigenvalue weighted by Gasteiger charge is 2.04. The molecule has 0 aliphatic rings. The molecule has 0 aliphatic heterocycles. The highest BCUT2D eigenvalue weighted by Crippen LogP contribution is 2.17. The molecule has 0 unspecified atom stereocenters. The molecule has 0 saturated carbocycles. The fraction of sp³-hybridized carbons (Fsp3) is 0.571. The topological polar surface area (TPSA) is 30.5 Å². The van der Waals surface area contributed by atoms with Crippen LogP contribution in [-0.4, -0.2) is 33.5 Å². The van der Waals surface area contributed by atoms with E-state index in [-0.39, 0.29) is 0 Å². The number of halogens is 1. The van der Waals surface area contributed by atoms with Crippen LogP contribution in [0, 0.1) is 0 Å². The van der Waals surface area contributed by atoms with Gasteiger partial charge in [-0.25, -0.2) is 0 Å². The molecule has 0 bridgehead atoms. The maximum Gasteiger partial charge on any atom is 0.0700 e. The maximum absolute atomic E-state index is 5.41. The van der Waals surface area contributed by atoms with Crippen molar-refractivity contribution in [1.82, 2.24) is 5.32 Å². The number of ether oxygens (including phenoxy) is 2. The van der Waals surface area contributed by atoms with Crippen LogP contribution in [0.1, 0.15) is 24.9 Å². The Kier molecular flexibility index (Phi) is 8.25. The Labute approximate surface area is 118 Å². The Hall–Kier alpha value is -0.420. The van der Waals surface area contributed by atoms with Gasteiger partial charge in [0.25, 0.3) is 0 Å². The first kappa shape index (κ1) is 15.6. The molecule has 102 valence electrons. The number of rotatable bonds is 9. The molecular weight excluding hydrogens is 294 g/mol. The van der Waals surface area contributed by atoms with Gasteiger partial charge in [0.1, 0.15) is 0 Å². The van der Waals surface area contributed by atoms with Gasteiger partial charge in [-0.05, 0) is 37.6 Å². The molecule has 1 aromatic rings. The van der Waals surface area contributed by atoms with Gasteiger partial charge >= 0.3 is 0 Å². The predicted molar refractivity (Wildman–Crippen MR) is 77.9 cm³/mol. The minimum absolute atomic E-state index is 0.362. The van der Waals surface area contributed by atoms with E-state index in [1.165, 1.54) is 5.56 Å². The molecule has 1 aromatic carbocycles. The van der Waals surface area contributed by atoms with Crippen molar-refractivity contribution in [3.63, 3.8) is 0 Å². The first-order valence-corrected chi connectivity index (χ1v) is 7.09. The Bertz CT molecular complexity index is 333. The number of benzene rings is 1. The Balaban J connectivity index is 2.12. The molecule has 1 atom stereocenters. The van der Waals surface area contributed by atoms with Gasteiger partial charge in [0.2, 0.25) is 0 Å². The van der Waals surface area contributed by atoms with E-state index in [9.17, 15) is 0 Å². The molecule has 0 aromatic heterocycles. The summed E-state index contributed by atoms with van der Waals surface area (Å²) < 4.78 is 11.4. The van der Waals surface area contributed by atoms with Gasteiger partial charge in [-0.1, -0.05) is 28.1 Å². The van der Waals surface area contributed by atoms with Gasteiger partial charge in [0, 0.05) is 24.2 Å². The lowest BCUT2D eigenvalue weighted by atomic mass is 10.1. The Morgan fingerprint density at radius 1 is 1.28 bits per heavy atom. The zero-order valence-corrected chi connectivity index (χ0v) is 12.7. The summed E-state index contributed by atoms with van der Waals surface area (Å²) in [6, 6.07) is 8.75. The lowest BCUT2D eigenvalue weighted by Gasteiger charge is -2.14. The third-order valence-corrected chi connectivity index (χ3v) is 3.19. The summed E-state index contributed by atoms with van der Waals surface area (Å²) in [7, 11) is 1.69. The summed E-state index contributed by atoms with van der Waals surface area (Å²) in [6.07, 6.45) is 1.02. The van der Waals surface area contributed by atoms with Gasteiger partial charge in [-0.15, -0.1) is 0 Å². The summed E-state index contributed by atoms with van der Waals surface area (Å²) >= 11 is 3.49. The van der Waals surface area contributed by atoms with E-state index in [0.717, 1.165) is 24.0 Å². The van der Waals surface area contributed by atoms with Crippen molar-refractivity contribution in [2.75, 3.05) is 33.5 Å². The highest BCUT2D eigenvalue weighted by atomic mass is 79.9. The lowest BCUT2D eigenvalue weighted by Crippen LogP contribution is -2.21. The second-order valence-corrected chi connectivity index (χ2v) is 5.11. The number of methoxy groups -OCH3 is 1. The van der Waals surface area contributed by atoms with Crippen LogP contribution in [0.2, 0.25) is 0 Å². The molecule has 1 rings (SSSR count). The third kappa shape index (κ3) is 6.50. The van der Waals surface area contributed by atoms with Crippen LogP contribution in [0.3, 0.4) is 0 Å². The molecule has 0 saturated heterocycles. The van der Waals surface area contributed by atoms with E-state index < -0.39 is 0 Å². The highest BCUT2D eigenvalue weighted by molar-refractivity contribution is 9.10. The van der Waals surface area contributed by atoms with Crippen molar-refractivity contribution < 1.29 is 9.47 Å². The Morgan fingerprint density at radius 2 is 2.11 bits per heavy atom. The van der Waals surface area contributed by atoms with Crippen molar-refractivity contribution in [1.29, 1.82) is 0 Å². The average molecular weight is 316 g/mol. The van der Waals surface area contributed by atoms with Crippen molar-refractivity contribution in [3.05, 3.63) is 34.3 Å². The van der Waals surface area contributed by atoms with Gasteiger partial charge in [-0.3, -0.25) is 0 Å². The SMILES string of the molecule is COCCOCCCN[C@@H](C)c1cccc(Br)c1. The van der Waals surface area contributed by atoms with E-state index in [2.05, 4.69) is 46.4 Å². The van der Waals surface area contributed by atoms with E-state index in [1.807, 2.05) is 6.07 Å². The van der Waals surface area contributed by atoms with E-state index >= 15 is 0 Å². The molecule has 0 fully saturated rings. The van der Waals surface area contributed by atoms with Crippen LogP contribution in [0.5, 0.6) is 0 Å². The van der Waals surface area contributed by atoms with Crippen molar-refractivity contribution in [2.24, 2.45) is 0 Å². The molecular formula is C14H22BrNO2. The molecule has 3 nitrogen and oxygen atoms in total. The molecule has 4 heteroatoms. The summed E-state index contributed by atoms with van der Waals surface area (Å²) in [5.41, 5.74) is 1.30. The van der Waals surface area contributed by atoms with E-state index in [1.54, 1.807) is 7.11 Å². The second-order valence-electron chi connectivity index (χ2n) is 4.19. The second kappa shape index (κ2) is 9.50. The molecule has 1 N–H and O–H groups in total. The number of hydrogen-bond donors (Lipinski definition) is 1. The lowest BCUT2D eigenvalue weighted by molar-refractivity contribution is 0.0693. The van der Waals surface area contributed by atoms with Crippen molar-refractivity contribution in [2.45, 2.75) is 19.4 Å². The smallest absolute Gasteiger partial charge is 0.0700 e. The first-order chi connectivity index (χ1) is 8.74. The molecule has 0 amide bonds. The van der Waals surface area contributed by atoms with Gasteiger partial charge in [0.15, 0.2) is 0 Å². The summed E-state index contributed by atoms with van der Waals surface area (Å²) in [6.45, 7) is 5.26. The van der Waals surface area contributed by atoms with Crippen LogP contribution in [0.15, 0.2) is 28.7 Å². The van der Waals surface area contributed by atoms with E-state index in [0.29, 0.717) is 19.3 Å². The van der Waals surface area contributed by atoms with Crippen LogP contribution in [-0.2, 0) is 9.47 Å². The zero-order chi connectivity index (χ0) is 13.2. The third-order valence-electron chi connectivity index (χ3n) is 2.70. The summed E-state index contributed by atoms with van der Waals surface area (Å²) in [4.78, 5) is 0. The molecule has 0 radical (unpaired) electrons. The van der Waals surface area contributed by atoms with Gasteiger partial charge in [-0.2, -0.15) is 0 Å². The number of nitrogens with one attached hydrogen (secondary N) is 1. The summed E-state index contributed by atoms with van der Waals surface area (Å²) in [5, 5.41) is 3.48. The van der Waals surface area contributed by atoms with Crippen LogP contribution >= 0.6 is 15.9 Å². The van der Waals surface area contributed by atoms with Crippen molar-refractivity contribution >= 4 is 15.9 Å². The number of hydrogen-bond acceptors (Lipinski definition) is 3. The standard InChI is InChI=1S/C14H22BrNO2/c1-12(13-5-3-6-14(15)11-13)16-7-4-8-18-10-9-17-2/h3,5-6,11-12,16H,4,7-10H2,1-2H3/t12-/m0/s1. The fourth-order valence-electron chi connectivity index (χ4n) is 1.63.